The molecule has 4 rings (SSSR count). The zero-order valence-corrected chi connectivity index (χ0v) is 15.0. The van der Waals surface area contributed by atoms with Gasteiger partial charge in [-0.1, -0.05) is 53.5 Å². The predicted octanol–water partition coefficient (Wildman–Crippen LogP) is 2.27. The van der Waals surface area contributed by atoms with Gasteiger partial charge in [-0.05, 0) is 17.7 Å². The summed E-state index contributed by atoms with van der Waals surface area (Å²) < 4.78 is 0. The van der Waals surface area contributed by atoms with E-state index in [-0.39, 0.29) is 29.3 Å². The molecule has 0 radical (unpaired) electrons. The first-order valence-electron chi connectivity index (χ1n) is 8.28. The molecule has 2 aliphatic rings. The number of carbonyl (C=O) groups is 2. The van der Waals surface area contributed by atoms with E-state index >= 15 is 0 Å². The first kappa shape index (κ1) is 16.6. The molecule has 2 aromatic rings. The Morgan fingerprint density at radius 2 is 1.76 bits per heavy atom. The molecule has 1 saturated heterocycles. The normalized spacial score (nSPS) is 23.0. The fourth-order valence-electron chi connectivity index (χ4n) is 3.77. The van der Waals surface area contributed by atoms with Crippen molar-refractivity contribution in [3.05, 3.63) is 63.6 Å². The minimum Gasteiger partial charge on any atom is -0.320 e. The molecule has 0 spiro atoms. The molecule has 1 unspecified atom stereocenters. The van der Waals surface area contributed by atoms with Crippen molar-refractivity contribution in [2.45, 2.75) is 25.4 Å². The van der Waals surface area contributed by atoms with Gasteiger partial charge < -0.3 is 4.90 Å². The largest absolute Gasteiger partial charge is 0.320 e. The lowest BCUT2D eigenvalue weighted by Gasteiger charge is -2.29. The molecular formula is C19H17Cl2N2O2+. The molecule has 0 saturated carbocycles. The maximum Gasteiger partial charge on any atom is 0.292 e. The number of nitrogens with one attached hydrogen (secondary N) is 1. The summed E-state index contributed by atoms with van der Waals surface area (Å²) in [6.45, 7) is 1.61. The molecule has 0 aliphatic carbocycles. The number of amides is 2. The van der Waals surface area contributed by atoms with E-state index in [1.54, 1.807) is 18.2 Å². The van der Waals surface area contributed by atoms with Crippen molar-refractivity contribution in [3.8, 4) is 0 Å². The van der Waals surface area contributed by atoms with Gasteiger partial charge in [0.25, 0.3) is 5.91 Å². The predicted molar refractivity (Wildman–Crippen MR) is 97.0 cm³/mol. The summed E-state index contributed by atoms with van der Waals surface area (Å²) in [4.78, 5) is 27.8. The van der Waals surface area contributed by atoms with Crippen LogP contribution in [-0.4, -0.2) is 24.4 Å². The molecule has 25 heavy (non-hydrogen) atoms. The van der Waals surface area contributed by atoms with Gasteiger partial charge in [0.05, 0.1) is 28.7 Å². The lowest BCUT2D eigenvalue weighted by atomic mass is 9.98. The molecule has 128 valence electrons. The number of imide groups is 1. The number of hydrogen-bond acceptors (Lipinski definition) is 2. The number of fused-ring (bicyclic) bond motifs is 1. The van der Waals surface area contributed by atoms with Crippen molar-refractivity contribution in [2.75, 3.05) is 11.4 Å². The molecule has 0 bridgehead atoms. The van der Waals surface area contributed by atoms with Crippen molar-refractivity contribution in [2.24, 2.45) is 0 Å². The Morgan fingerprint density at radius 3 is 2.56 bits per heavy atom. The molecule has 4 nitrogen and oxygen atoms in total. The highest BCUT2D eigenvalue weighted by atomic mass is 35.5. The standard InChI is InChI=1S/C19H16Cl2N2O2/c20-14-6-3-7-15(18(14)21)23-17(24)10-16(19(23)25)22-9-8-12-4-1-2-5-13(12)11-22/h1-7,16H,8-11H2/p+1/t16-/m1/s1. The van der Waals surface area contributed by atoms with Crippen LogP contribution in [0.15, 0.2) is 42.5 Å². The number of halogens is 2. The van der Waals surface area contributed by atoms with E-state index in [4.69, 9.17) is 23.2 Å². The Morgan fingerprint density at radius 1 is 1.00 bits per heavy atom. The van der Waals surface area contributed by atoms with Gasteiger partial charge >= 0.3 is 0 Å². The van der Waals surface area contributed by atoms with Crippen LogP contribution in [0.1, 0.15) is 17.5 Å². The van der Waals surface area contributed by atoms with Crippen molar-refractivity contribution < 1.29 is 14.5 Å². The van der Waals surface area contributed by atoms with E-state index in [9.17, 15) is 9.59 Å². The van der Waals surface area contributed by atoms with Crippen LogP contribution in [-0.2, 0) is 22.6 Å². The zero-order chi connectivity index (χ0) is 17.6. The van der Waals surface area contributed by atoms with Crippen LogP contribution < -0.4 is 9.80 Å². The zero-order valence-electron chi connectivity index (χ0n) is 13.5. The highest BCUT2D eigenvalue weighted by molar-refractivity contribution is 6.44. The molecular weight excluding hydrogens is 359 g/mol. The molecule has 2 atom stereocenters. The van der Waals surface area contributed by atoms with E-state index < -0.39 is 0 Å². The maximum atomic E-state index is 13.0. The number of hydrogen-bond donors (Lipinski definition) is 1. The first-order chi connectivity index (χ1) is 12.1. The third kappa shape index (κ3) is 2.84. The lowest BCUT2D eigenvalue weighted by molar-refractivity contribution is -0.930. The van der Waals surface area contributed by atoms with Crippen LogP contribution in [0.4, 0.5) is 5.69 Å². The Hall–Kier alpha value is -1.88. The SMILES string of the molecule is O=C1C[C@@H]([NH+]2CCc3ccccc3C2)C(=O)N1c1cccc(Cl)c1Cl. The topological polar surface area (TPSA) is 41.8 Å². The van der Waals surface area contributed by atoms with Crippen molar-refractivity contribution in [3.63, 3.8) is 0 Å². The van der Waals surface area contributed by atoms with Gasteiger partial charge in [0, 0.05) is 12.0 Å². The van der Waals surface area contributed by atoms with Crippen molar-refractivity contribution in [1.82, 2.24) is 0 Å². The molecule has 6 heteroatoms. The second-order valence-corrected chi connectivity index (χ2v) is 7.29. The molecule has 2 heterocycles. The minimum atomic E-state index is -0.365. The molecule has 1 N–H and O–H groups in total. The third-order valence-corrected chi connectivity index (χ3v) is 5.87. The highest BCUT2D eigenvalue weighted by Gasteiger charge is 2.47. The second-order valence-electron chi connectivity index (χ2n) is 6.50. The van der Waals surface area contributed by atoms with Crippen LogP contribution >= 0.6 is 23.2 Å². The number of carbonyl (C=O) groups excluding carboxylic acids is 2. The Kier molecular flexibility index (Phi) is 4.28. The van der Waals surface area contributed by atoms with Gasteiger partial charge in [-0.3, -0.25) is 9.59 Å². The van der Waals surface area contributed by atoms with Gasteiger partial charge in [-0.15, -0.1) is 0 Å². The molecule has 2 aromatic carbocycles. The number of rotatable bonds is 2. The van der Waals surface area contributed by atoms with E-state index in [1.165, 1.54) is 16.0 Å². The van der Waals surface area contributed by atoms with Gasteiger partial charge in [-0.25, -0.2) is 4.90 Å². The molecule has 2 amide bonds. The summed E-state index contributed by atoms with van der Waals surface area (Å²) in [6.07, 6.45) is 1.13. The number of quaternary nitrogens is 1. The van der Waals surface area contributed by atoms with E-state index in [0.29, 0.717) is 10.7 Å². The van der Waals surface area contributed by atoms with Crippen LogP contribution in [0.5, 0.6) is 0 Å². The number of nitrogens with zero attached hydrogens (tertiary/aromatic N) is 1. The summed E-state index contributed by atoms with van der Waals surface area (Å²) in [7, 11) is 0. The minimum absolute atomic E-state index is 0.191. The summed E-state index contributed by atoms with van der Waals surface area (Å²) in [5.74, 6) is -0.408. The Balaban J connectivity index is 1.61. The molecule has 0 aromatic heterocycles. The quantitative estimate of drug-likeness (QED) is 0.818. The monoisotopic (exact) mass is 375 g/mol. The highest BCUT2D eigenvalue weighted by Crippen LogP contribution is 2.34. The summed E-state index contributed by atoms with van der Waals surface area (Å²) in [5.41, 5.74) is 2.96. The summed E-state index contributed by atoms with van der Waals surface area (Å²) in [5, 5.41) is 0.577. The Labute approximate surface area is 155 Å². The third-order valence-electron chi connectivity index (χ3n) is 5.06. The van der Waals surface area contributed by atoms with Gasteiger partial charge in [-0.2, -0.15) is 0 Å². The van der Waals surface area contributed by atoms with E-state index in [2.05, 4.69) is 12.1 Å². The summed E-state index contributed by atoms with van der Waals surface area (Å²) >= 11 is 12.3. The first-order valence-corrected chi connectivity index (χ1v) is 9.04. The summed E-state index contributed by atoms with van der Waals surface area (Å²) in [6, 6.07) is 12.9. The number of anilines is 1. The maximum absolute atomic E-state index is 13.0. The van der Waals surface area contributed by atoms with E-state index in [1.807, 2.05) is 12.1 Å². The number of benzene rings is 2. The van der Waals surface area contributed by atoms with Gasteiger partial charge in [0.15, 0.2) is 6.04 Å². The fourth-order valence-corrected chi connectivity index (χ4v) is 4.15. The smallest absolute Gasteiger partial charge is 0.292 e. The average Bonchev–Trinajstić information content (AvgIpc) is 2.91. The molecule has 1 fully saturated rings. The van der Waals surface area contributed by atoms with Crippen molar-refractivity contribution in [1.29, 1.82) is 0 Å². The van der Waals surface area contributed by atoms with Crippen LogP contribution in [0.2, 0.25) is 10.0 Å². The van der Waals surface area contributed by atoms with Crippen molar-refractivity contribution >= 4 is 40.7 Å². The van der Waals surface area contributed by atoms with Gasteiger partial charge in [0.1, 0.15) is 6.54 Å². The van der Waals surface area contributed by atoms with Crippen LogP contribution in [0, 0.1) is 0 Å². The van der Waals surface area contributed by atoms with Gasteiger partial charge in [0.2, 0.25) is 5.91 Å². The van der Waals surface area contributed by atoms with E-state index in [0.717, 1.165) is 24.4 Å². The average molecular weight is 376 g/mol. The fraction of sp³-hybridized carbons (Fsp3) is 0.263. The van der Waals surface area contributed by atoms with Crippen LogP contribution in [0.3, 0.4) is 0 Å². The lowest BCUT2D eigenvalue weighted by Crippen LogP contribution is -3.16. The second kappa shape index (κ2) is 6.45. The van der Waals surface area contributed by atoms with Crippen LogP contribution in [0.25, 0.3) is 0 Å². The Bertz CT molecular complexity index is 868. The molecule has 2 aliphatic heterocycles.